The maximum Gasteiger partial charge on any atom is 0.310 e. The minimum Gasteiger partial charge on any atom is -0.466 e. The molecule has 94 valence electrons. The number of ether oxygens (including phenoxy) is 1. The summed E-state index contributed by atoms with van der Waals surface area (Å²) >= 11 is 1.69. The van der Waals surface area contributed by atoms with Crippen molar-refractivity contribution in [3.05, 3.63) is 26.8 Å². The van der Waals surface area contributed by atoms with Gasteiger partial charge in [0.1, 0.15) is 5.69 Å². The van der Waals surface area contributed by atoms with Gasteiger partial charge in [-0.05, 0) is 35.6 Å². The van der Waals surface area contributed by atoms with E-state index in [9.17, 15) is 18.0 Å². The number of alkyl halides is 2. The van der Waals surface area contributed by atoms with E-state index in [0.717, 1.165) is 6.07 Å². The van der Waals surface area contributed by atoms with E-state index >= 15 is 0 Å². The maximum absolute atomic E-state index is 13.4. The first kappa shape index (κ1) is 14.2. The van der Waals surface area contributed by atoms with Crippen molar-refractivity contribution in [1.82, 2.24) is 4.98 Å². The number of hydrogen-bond acceptors (Lipinski definition) is 3. The Hall–Kier alpha value is -0.860. The van der Waals surface area contributed by atoms with Gasteiger partial charge in [-0.1, -0.05) is 0 Å². The van der Waals surface area contributed by atoms with Crippen LogP contribution >= 0.6 is 22.6 Å². The zero-order valence-electron chi connectivity index (χ0n) is 8.84. The van der Waals surface area contributed by atoms with E-state index in [2.05, 4.69) is 9.72 Å². The average Bonchev–Trinajstić information content (AvgIpc) is 2.23. The van der Waals surface area contributed by atoms with Crippen LogP contribution in [0.25, 0.3) is 0 Å². The summed E-state index contributed by atoms with van der Waals surface area (Å²) in [5.41, 5.74) is -0.659. The zero-order valence-corrected chi connectivity index (χ0v) is 11.0. The molecule has 0 aliphatic carbocycles. The number of nitrogens with zero attached hydrogens (tertiary/aromatic N) is 1. The standard InChI is InChI=1S/C10H9F3INO2/c1-2-17-8(16)3-5-6(14)4-7(9(11)12)15-10(5)13/h4,9H,2-3H2,1H3. The maximum atomic E-state index is 13.4. The summed E-state index contributed by atoms with van der Waals surface area (Å²) in [5, 5.41) is 0. The molecule has 0 aromatic carbocycles. The SMILES string of the molecule is CCOC(=O)Cc1c(I)cc(C(F)F)nc1F. The van der Waals surface area contributed by atoms with Crippen LogP contribution in [0.1, 0.15) is 24.6 Å². The Bertz CT molecular complexity index is 403. The van der Waals surface area contributed by atoms with Crippen LogP contribution in [0.15, 0.2) is 6.07 Å². The van der Waals surface area contributed by atoms with E-state index in [1.54, 1.807) is 29.5 Å². The summed E-state index contributed by atoms with van der Waals surface area (Å²) in [4.78, 5) is 14.3. The van der Waals surface area contributed by atoms with E-state index in [-0.39, 0.29) is 22.2 Å². The van der Waals surface area contributed by atoms with Gasteiger partial charge in [0.15, 0.2) is 0 Å². The van der Waals surface area contributed by atoms with Gasteiger partial charge in [-0.2, -0.15) is 4.39 Å². The molecule has 0 bridgehead atoms. The first-order chi connectivity index (χ1) is 7.95. The number of aromatic nitrogens is 1. The number of halogens is 4. The zero-order chi connectivity index (χ0) is 13.0. The topological polar surface area (TPSA) is 39.2 Å². The molecule has 0 fully saturated rings. The van der Waals surface area contributed by atoms with Crippen LogP contribution in [-0.4, -0.2) is 17.6 Å². The molecule has 7 heteroatoms. The second-order valence-corrected chi connectivity index (χ2v) is 4.24. The van der Waals surface area contributed by atoms with Gasteiger partial charge in [0.05, 0.1) is 13.0 Å². The first-order valence-electron chi connectivity index (χ1n) is 4.74. The molecular weight excluding hydrogens is 350 g/mol. The molecule has 0 spiro atoms. The number of esters is 1. The molecule has 0 amide bonds. The number of hydrogen-bond donors (Lipinski definition) is 0. The van der Waals surface area contributed by atoms with Gasteiger partial charge >= 0.3 is 5.97 Å². The Morgan fingerprint density at radius 1 is 1.59 bits per heavy atom. The highest BCUT2D eigenvalue weighted by Crippen LogP contribution is 2.23. The highest BCUT2D eigenvalue weighted by Gasteiger charge is 2.18. The highest BCUT2D eigenvalue weighted by atomic mass is 127. The van der Waals surface area contributed by atoms with Crippen molar-refractivity contribution in [2.24, 2.45) is 0 Å². The molecule has 1 heterocycles. The Morgan fingerprint density at radius 3 is 2.71 bits per heavy atom. The van der Waals surface area contributed by atoms with Gasteiger partial charge in [-0.25, -0.2) is 13.8 Å². The molecule has 0 saturated carbocycles. The van der Waals surface area contributed by atoms with Crippen LogP contribution < -0.4 is 0 Å². The average molecular weight is 359 g/mol. The van der Waals surface area contributed by atoms with Gasteiger partial charge in [-0.15, -0.1) is 0 Å². The van der Waals surface area contributed by atoms with Crippen LogP contribution in [-0.2, 0) is 16.0 Å². The molecule has 1 aromatic heterocycles. The van der Waals surface area contributed by atoms with Gasteiger partial charge in [0.25, 0.3) is 6.43 Å². The van der Waals surface area contributed by atoms with Crippen LogP contribution in [0, 0.1) is 9.52 Å². The van der Waals surface area contributed by atoms with Crippen LogP contribution in [0.4, 0.5) is 13.2 Å². The van der Waals surface area contributed by atoms with Crippen molar-refractivity contribution in [1.29, 1.82) is 0 Å². The van der Waals surface area contributed by atoms with Crippen molar-refractivity contribution in [3.63, 3.8) is 0 Å². The van der Waals surface area contributed by atoms with Gasteiger partial charge < -0.3 is 4.74 Å². The fourth-order valence-corrected chi connectivity index (χ4v) is 1.89. The third kappa shape index (κ3) is 3.83. The van der Waals surface area contributed by atoms with E-state index in [0.29, 0.717) is 0 Å². The number of carbonyl (C=O) groups is 1. The molecule has 1 rings (SSSR count). The monoisotopic (exact) mass is 359 g/mol. The predicted molar refractivity (Wildman–Crippen MR) is 62.2 cm³/mol. The first-order valence-corrected chi connectivity index (χ1v) is 5.82. The Kier molecular flexibility index (Phi) is 5.16. The number of rotatable bonds is 4. The molecular formula is C10H9F3INO2. The lowest BCUT2D eigenvalue weighted by Gasteiger charge is -2.07. The van der Waals surface area contributed by atoms with Crippen LogP contribution in [0.5, 0.6) is 0 Å². The van der Waals surface area contributed by atoms with Crippen LogP contribution in [0.3, 0.4) is 0 Å². The molecule has 3 nitrogen and oxygen atoms in total. The van der Waals surface area contributed by atoms with Crippen molar-refractivity contribution >= 4 is 28.6 Å². The number of carbonyl (C=O) groups excluding carboxylic acids is 1. The van der Waals surface area contributed by atoms with Crippen LogP contribution in [0.2, 0.25) is 0 Å². The van der Waals surface area contributed by atoms with Gasteiger partial charge in [-0.3, -0.25) is 4.79 Å². The lowest BCUT2D eigenvalue weighted by atomic mass is 10.2. The van der Waals surface area contributed by atoms with E-state index in [1.165, 1.54) is 0 Å². The Morgan fingerprint density at radius 2 is 2.24 bits per heavy atom. The Balaban J connectivity index is 2.97. The molecule has 0 saturated heterocycles. The fourth-order valence-electron chi connectivity index (χ4n) is 1.15. The smallest absolute Gasteiger partial charge is 0.310 e. The van der Waals surface area contributed by atoms with Gasteiger partial charge in [0, 0.05) is 9.13 Å². The summed E-state index contributed by atoms with van der Waals surface area (Å²) in [6, 6.07) is 1.06. The molecule has 0 radical (unpaired) electrons. The van der Waals surface area contributed by atoms with Crippen molar-refractivity contribution < 1.29 is 22.7 Å². The molecule has 0 aliphatic heterocycles. The third-order valence-electron chi connectivity index (χ3n) is 1.89. The van der Waals surface area contributed by atoms with Crippen molar-refractivity contribution in [2.75, 3.05) is 6.61 Å². The highest BCUT2D eigenvalue weighted by molar-refractivity contribution is 14.1. The van der Waals surface area contributed by atoms with Crippen molar-refractivity contribution in [3.8, 4) is 0 Å². The lowest BCUT2D eigenvalue weighted by Crippen LogP contribution is -2.12. The number of pyridine rings is 1. The summed E-state index contributed by atoms with van der Waals surface area (Å²) in [7, 11) is 0. The van der Waals surface area contributed by atoms with E-state index in [4.69, 9.17) is 0 Å². The Labute approximate surface area is 110 Å². The van der Waals surface area contributed by atoms with E-state index < -0.39 is 24.0 Å². The third-order valence-corrected chi connectivity index (χ3v) is 2.85. The summed E-state index contributed by atoms with van der Waals surface area (Å²) in [6.45, 7) is 1.80. The minimum atomic E-state index is -2.84. The minimum absolute atomic E-state index is 0.0200. The predicted octanol–water partition coefficient (Wildman–Crippen LogP) is 2.87. The largest absolute Gasteiger partial charge is 0.466 e. The second-order valence-electron chi connectivity index (χ2n) is 3.08. The van der Waals surface area contributed by atoms with Crippen molar-refractivity contribution in [2.45, 2.75) is 19.8 Å². The molecule has 0 atom stereocenters. The molecule has 17 heavy (non-hydrogen) atoms. The van der Waals surface area contributed by atoms with Gasteiger partial charge in [0.2, 0.25) is 5.95 Å². The molecule has 0 aliphatic rings. The summed E-state index contributed by atoms with van der Waals surface area (Å²) in [5.74, 6) is -1.67. The summed E-state index contributed by atoms with van der Waals surface area (Å²) < 4.78 is 42.9. The lowest BCUT2D eigenvalue weighted by molar-refractivity contribution is -0.142. The molecule has 0 unspecified atom stereocenters. The fraction of sp³-hybridized carbons (Fsp3) is 0.400. The molecule has 1 aromatic rings. The second kappa shape index (κ2) is 6.18. The normalized spacial score (nSPS) is 10.7. The molecule has 0 N–H and O–H groups in total. The quantitative estimate of drug-likeness (QED) is 0.472. The van der Waals surface area contributed by atoms with E-state index in [1.807, 2.05) is 0 Å². The summed E-state index contributed by atoms with van der Waals surface area (Å²) in [6.07, 6.45) is -3.15.